The fourth-order valence-corrected chi connectivity index (χ4v) is 2.10. The molecule has 2 aliphatic heterocycles. The fourth-order valence-electron chi connectivity index (χ4n) is 2.10. The van der Waals surface area contributed by atoms with Crippen LogP contribution >= 0.6 is 0 Å². The number of carbonyl (C=O) groups excluding carboxylic acids is 1. The highest BCUT2D eigenvalue weighted by Gasteiger charge is 2.36. The number of para-hydroxylation sites is 1. The summed E-state index contributed by atoms with van der Waals surface area (Å²) >= 11 is 0. The number of nitrogens with one attached hydrogen (secondary N) is 1. The van der Waals surface area contributed by atoms with Crippen LogP contribution in [0.4, 0.5) is 5.69 Å². The summed E-state index contributed by atoms with van der Waals surface area (Å²) in [6.45, 7) is 0. The van der Waals surface area contributed by atoms with Gasteiger partial charge in [0, 0.05) is 5.56 Å². The average molecular weight is 258 g/mol. The molecule has 0 saturated carbocycles. The number of hydrazone groups is 1. The van der Waals surface area contributed by atoms with E-state index in [4.69, 9.17) is 5.11 Å². The van der Waals surface area contributed by atoms with Gasteiger partial charge >= 0.3 is 5.97 Å². The van der Waals surface area contributed by atoms with E-state index in [1.807, 2.05) is 24.3 Å². The van der Waals surface area contributed by atoms with Crippen molar-refractivity contribution in [2.45, 2.75) is 12.5 Å². The van der Waals surface area contributed by atoms with Gasteiger partial charge in [-0.2, -0.15) is 5.10 Å². The summed E-state index contributed by atoms with van der Waals surface area (Å²) in [5.41, 5.74) is 3.86. The number of amides is 1. The van der Waals surface area contributed by atoms with Gasteiger partial charge in [0.1, 0.15) is 6.04 Å². The van der Waals surface area contributed by atoms with Crippen molar-refractivity contribution in [2.75, 3.05) is 0 Å². The lowest BCUT2D eigenvalue weighted by molar-refractivity contribution is -0.140. The summed E-state index contributed by atoms with van der Waals surface area (Å²) in [6, 6.07) is 6.51. The number of carboxylic acid groups (broad SMARTS) is 1. The Bertz CT molecular complexity index is 623. The van der Waals surface area contributed by atoms with Gasteiger partial charge in [-0.05, 0) is 12.1 Å². The highest BCUT2D eigenvalue weighted by Crippen LogP contribution is 2.27. The van der Waals surface area contributed by atoms with E-state index in [1.54, 1.807) is 0 Å². The number of carbonyl (C=O) groups is 2. The van der Waals surface area contributed by atoms with Crippen LogP contribution in [0.15, 0.2) is 34.4 Å². The molecule has 19 heavy (non-hydrogen) atoms. The number of hydrogen-bond donors (Lipinski definition) is 2. The molecule has 1 amide bonds. The molecule has 0 bridgehead atoms. The SMILES string of the molecule is O=C(O)CC1C(=O)NN=C2c3ccccc3N=CN21. The lowest BCUT2D eigenvalue weighted by Crippen LogP contribution is -2.54. The lowest BCUT2D eigenvalue weighted by Gasteiger charge is -2.34. The van der Waals surface area contributed by atoms with Gasteiger partial charge < -0.3 is 10.0 Å². The van der Waals surface area contributed by atoms with Crippen LogP contribution in [0.1, 0.15) is 12.0 Å². The van der Waals surface area contributed by atoms with E-state index in [9.17, 15) is 9.59 Å². The van der Waals surface area contributed by atoms with Crippen molar-refractivity contribution in [3.8, 4) is 0 Å². The van der Waals surface area contributed by atoms with Gasteiger partial charge in [0.05, 0.1) is 18.4 Å². The molecule has 1 aromatic rings. The number of carboxylic acids is 1. The molecule has 3 rings (SSSR count). The minimum atomic E-state index is -1.05. The van der Waals surface area contributed by atoms with Crippen molar-refractivity contribution < 1.29 is 14.7 Å². The maximum absolute atomic E-state index is 11.7. The van der Waals surface area contributed by atoms with Crippen LogP contribution in [0.5, 0.6) is 0 Å². The van der Waals surface area contributed by atoms with E-state index in [2.05, 4.69) is 15.5 Å². The summed E-state index contributed by atoms with van der Waals surface area (Å²) in [5, 5.41) is 12.9. The molecule has 0 aromatic heterocycles. The van der Waals surface area contributed by atoms with Crippen molar-refractivity contribution in [2.24, 2.45) is 10.1 Å². The third-order valence-electron chi connectivity index (χ3n) is 2.99. The highest BCUT2D eigenvalue weighted by atomic mass is 16.4. The molecule has 2 aliphatic rings. The van der Waals surface area contributed by atoms with Crippen LogP contribution in [-0.4, -0.2) is 40.1 Å². The summed E-state index contributed by atoms with van der Waals surface area (Å²) < 4.78 is 0. The molecule has 0 saturated heterocycles. The van der Waals surface area contributed by atoms with Crippen LogP contribution in [0.2, 0.25) is 0 Å². The minimum absolute atomic E-state index is 0.307. The molecule has 1 unspecified atom stereocenters. The Kier molecular flexibility index (Phi) is 2.52. The number of nitrogens with zero attached hydrogens (tertiary/aromatic N) is 3. The zero-order valence-electron chi connectivity index (χ0n) is 9.78. The van der Waals surface area contributed by atoms with Crippen molar-refractivity contribution >= 4 is 29.7 Å². The van der Waals surface area contributed by atoms with Gasteiger partial charge in [-0.25, -0.2) is 10.4 Å². The molecule has 7 heteroatoms. The van der Waals surface area contributed by atoms with Crippen molar-refractivity contribution in [1.82, 2.24) is 10.3 Å². The number of rotatable bonds is 2. The predicted octanol–water partition coefficient (Wildman–Crippen LogP) is 0.297. The molecule has 1 atom stereocenters. The maximum Gasteiger partial charge on any atom is 0.306 e. The van der Waals surface area contributed by atoms with E-state index < -0.39 is 17.9 Å². The standard InChI is InChI=1S/C12H10N4O3/c17-10(18)5-9-12(19)15-14-11-7-3-1-2-4-8(7)13-6-16(9)11/h1-4,6,9H,5H2,(H,15,19)(H,17,18). The minimum Gasteiger partial charge on any atom is -0.481 e. The van der Waals surface area contributed by atoms with E-state index in [-0.39, 0.29) is 6.42 Å². The molecule has 0 radical (unpaired) electrons. The fraction of sp³-hybridized carbons (Fsp3) is 0.167. The quantitative estimate of drug-likeness (QED) is 0.797. The molecule has 2 heterocycles. The first-order chi connectivity index (χ1) is 9.16. The molecule has 0 spiro atoms. The van der Waals surface area contributed by atoms with Gasteiger partial charge in [-0.3, -0.25) is 9.59 Å². The second kappa shape index (κ2) is 4.20. The van der Waals surface area contributed by atoms with Crippen LogP contribution in [-0.2, 0) is 9.59 Å². The molecule has 0 fully saturated rings. The molecule has 2 N–H and O–H groups in total. The topological polar surface area (TPSA) is 94.4 Å². The number of benzene rings is 1. The first-order valence-corrected chi connectivity index (χ1v) is 5.68. The van der Waals surface area contributed by atoms with Crippen molar-refractivity contribution in [1.29, 1.82) is 0 Å². The first kappa shape index (κ1) is 11.4. The summed E-state index contributed by atoms with van der Waals surface area (Å²) in [6.07, 6.45) is 1.15. The normalized spacial score (nSPS) is 20.2. The van der Waals surface area contributed by atoms with Crippen LogP contribution in [0, 0.1) is 0 Å². The highest BCUT2D eigenvalue weighted by molar-refractivity contribution is 6.14. The van der Waals surface area contributed by atoms with Crippen molar-refractivity contribution in [3.63, 3.8) is 0 Å². The van der Waals surface area contributed by atoms with E-state index in [0.29, 0.717) is 5.84 Å². The van der Waals surface area contributed by atoms with E-state index >= 15 is 0 Å². The van der Waals surface area contributed by atoms with Crippen LogP contribution < -0.4 is 5.43 Å². The molecule has 96 valence electrons. The molecule has 7 nitrogen and oxygen atoms in total. The Morgan fingerprint density at radius 1 is 1.42 bits per heavy atom. The smallest absolute Gasteiger partial charge is 0.306 e. The summed E-state index contributed by atoms with van der Waals surface area (Å²) in [4.78, 5) is 28.3. The molecule has 0 aliphatic carbocycles. The third kappa shape index (κ3) is 1.85. The Hall–Kier alpha value is -2.70. The number of fused-ring (bicyclic) bond motifs is 3. The van der Waals surface area contributed by atoms with Crippen molar-refractivity contribution in [3.05, 3.63) is 29.8 Å². The Labute approximate surface area is 108 Å². The number of aliphatic carboxylic acids is 1. The maximum atomic E-state index is 11.7. The number of hydrogen-bond acceptors (Lipinski definition) is 5. The zero-order valence-corrected chi connectivity index (χ0v) is 9.78. The Balaban J connectivity index is 2.04. The average Bonchev–Trinajstić information content (AvgIpc) is 2.41. The van der Waals surface area contributed by atoms with Gasteiger partial charge in [0.15, 0.2) is 5.84 Å². The van der Waals surface area contributed by atoms with E-state index in [1.165, 1.54) is 11.2 Å². The Morgan fingerprint density at radius 2 is 2.21 bits per heavy atom. The van der Waals surface area contributed by atoms with Gasteiger partial charge in [-0.1, -0.05) is 12.1 Å². The second-order valence-electron chi connectivity index (χ2n) is 4.19. The van der Waals surface area contributed by atoms with E-state index in [0.717, 1.165) is 11.3 Å². The Morgan fingerprint density at radius 3 is 3.00 bits per heavy atom. The number of aliphatic imine (C=N–C) groups is 1. The summed E-state index contributed by atoms with van der Waals surface area (Å²) in [5.74, 6) is -0.984. The zero-order chi connectivity index (χ0) is 13.4. The first-order valence-electron chi connectivity index (χ1n) is 5.68. The third-order valence-corrected chi connectivity index (χ3v) is 2.99. The lowest BCUT2D eigenvalue weighted by atomic mass is 10.1. The largest absolute Gasteiger partial charge is 0.481 e. The molecular weight excluding hydrogens is 248 g/mol. The second-order valence-corrected chi connectivity index (χ2v) is 4.19. The monoisotopic (exact) mass is 258 g/mol. The van der Waals surface area contributed by atoms with Crippen LogP contribution in [0.3, 0.4) is 0 Å². The van der Waals surface area contributed by atoms with Gasteiger partial charge in [-0.15, -0.1) is 0 Å². The predicted molar refractivity (Wildman–Crippen MR) is 67.2 cm³/mol. The molecule has 1 aromatic carbocycles. The summed E-state index contributed by atoms with van der Waals surface area (Å²) in [7, 11) is 0. The molecular formula is C12H10N4O3. The number of amidine groups is 1. The van der Waals surface area contributed by atoms with Crippen LogP contribution in [0.25, 0.3) is 0 Å². The van der Waals surface area contributed by atoms with Gasteiger partial charge in [0.2, 0.25) is 0 Å². The van der Waals surface area contributed by atoms with Gasteiger partial charge in [0.25, 0.3) is 5.91 Å².